The van der Waals surface area contributed by atoms with E-state index in [0.29, 0.717) is 12.0 Å². The average molecular weight is 306 g/mol. The molecule has 1 atom stereocenters. The van der Waals surface area contributed by atoms with Crippen LogP contribution in [0, 0.1) is 0 Å². The van der Waals surface area contributed by atoms with Crippen LogP contribution >= 0.6 is 0 Å². The van der Waals surface area contributed by atoms with Gasteiger partial charge in [0.25, 0.3) is 5.91 Å². The Labute approximate surface area is 132 Å². The number of amides is 1. The van der Waals surface area contributed by atoms with E-state index < -0.39 is 0 Å². The molecule has 1 unspecified atom stereocenters. The summed E-state index contributed by atoms with van der Waals surface area (Å²) in [6, 6.07) is 3.60. The van der Waals surface area contributed by atoms with Crippen molar-refractivity contribution in [3.8, 4) is 0 Å². The van der Waals surface area contributed by atoms with Gasteiger partial charge in [0.1, 0.15) is 5.82 Å². The minimum atomic E-state index is -0.0990. The quantitative estimate of drug-likeness (QED) is 0.811. The fraction of sp³-hybridized carbons (Fsp3) is 0.625. The molecule has 1 aliphatic heterocycles. The van der Waals surface area contributed by atoms with Gasteiger partial charge in [-0.25, -0.2) is 4.98 Å². The molecule has 6 heteroatoms. The third kappa shape index (κ3) is 4.42. The molecule has 2 rings (SSSR count). The van der Waals surface area contributed by atoms with Crippen molar-refractivity contribution in [3.05, 3.63) is 23.9 Å². The highest BCUT2D eigenvalue weighted by Gasteiger charge is 2.17. The number of carbonyl (C=O) groups excluding carboxylic acids is 1. The predicted molar refractivity (Wildman–Crippen MR) is 87.2 cm³/mol. The topological polar surface area (TPSA) is 68.7 Å². The van der Waals surface area contributed by atoms with Crippen LogP contribution in [0.15, 0.2) is 18.3 Å². The molecule has 0 aliphatic carbocycles. The van der Waals surface area contributed by atoms with Gasteiger partial charge in [-0.2, -0.15) is 0 Å². The first-order valence-corrected chi connectivity index (χ1v) is 7.95. The normalized spacial score (nSPS) is 17.3. The van der Waals surface area contributed by atoms with Gasteiger partial charge in [0.05, 0.1) is 0 Å². The third-order valence-electron chi connectivity index (χ3n) is 4.14. The summed E-state index contributed by atoms with van der Waals surface area (Å²) in [4.78, 5) is 21.2. The number of aliphatic hydroxyl groups is 1. The van der Waals surface area contributed by atoms with Crippen LogP contribution in [0.3, 0.4) is 0 Å². The number of carbonyl (C=O) groups is 1. The summed E-state index contributed by atoms with van der Waals surface area (Å²) in [5.41, 5.74) is 0.625. The van der Waals surface area contributed by atoms with Crippen LogP contribution in [-0.4, -0.2) is 66.8 Å². The predicted octanol–water partition coefficient (Wildman–Crippen LogP) is 0.724. The Bertz CT molecular complexity index is 487. The molecule has 22 heavy (non-hydrogen) atoms. The number of nitrogens with one attached hydrogen (secondary N) is 1. The molecule has 2 N–H and O–H groups in total. The minimum Gasteiger partial charge on any atom is -0.396 e. The highest BCUT2D eigenvalue weighted by molar-refractivity contribution is 5.95. The second kappa shape index (κ2) is 8.10. The molecule has 0 radical (unpaired) electrons. The molecule has 1 aliphatic rings. The number of pyridine rings is 1. The summed E-state index contributed by atoms with van der Waals surface area (Å²) in [6.45, 7) is 5.96. The lowest BCUT2D eigenvalue weighted by Gasteiger charge is -2.33. The second-order valence-electron chi connectivity index (χ2n) is 5.78. The number of anilines is 1. The van der Waals surface area contributed by atoms with Gasteiger partial charge in [0, 0.05) is 50.6 Å². The largest absolute Gasteiger partial charge is 0.396 e. The van der Waals surface area contributed by atoms with Crippen molar-refractivity contribution in [3.63, 3.8) is 0 Å². The number of aliphatic hydroxyl groups excluding tert-OH is 1. The van der Waals surface area contributed by atoms with E-state index in [1.54, 1.807) is 12.3 Å². The fourth-order valence-corrected chi connectivity index (χ4v) is 2.57. The Kier molecular flexibility index (Phi) is 6.15. The van der Waals surface area contributed by atoms with Crippen LogP contribution in [0.5, 0.6) is 0 Å². The standard InChI is InChI=1S/C16H26N4O2/c1-3-14(5-11-21)18-16(22)13-4-6-17-15(12-13)20-9-7-19(2)8-10-20/h4,6,12,14,21H,3,5,7-11H2,1-2H3,(H,18,22). The monoisotopic (exact) mass is 306 g/mol. The molecule has 0 bridgehead atoms. The van der Waals surface area contributed by atoms with Crippen molar-refractivity contribution >= 4 is 11.7 Å². The van der Waals surface area contributed by atoms with E-state index in [0.717, 1.165) is 38.4 Å². The zero-order valence-corrected chi connectivity index (χ0v) is 13.5. The number of hydrogen-bond acceptors (Lipinski definition) is 5. The van der Waals surface area contributed by atoms with Crippen molar-refractivity contribution in [1.29, 1.82) is 0 Å². The van der Waals surface area contributed by atoms with E-state index in [9.17, 15) is 4.79 Å². The maximum atomic E-state index is 12.3. The molecular weight excluding hydrogens is 280 g/mol. The summed E-state index contributed by atoms with van der Waals surface area (Å²) >= 11 is 0. The van der Waals surface area contributed by atoms with Crippen LogP contribution in [-0.2, 0) is 0 Å². The lowest BCUT2D eigenvalue weighted by molar-refractivity contribution is 0.0929. The van der Waals surface area contributed by atoms with Crippen molar-refractivity contribution in [2.75, 3.05) is 44.7 Å². The SMILES string of the molecule is CCC(CCO)NC(=O)c1ccnc(N2CCN(C)CC2)c1. The van der Waals surface area contributed by atoms with Crippen LogP contribution < -0.4 is 10.2 Å². The first-order valence-electron chi connectivity index (χ1n) is 7.95. The Morgan fingerprint density at radius 3 is 2.77 bits per heavy atom. The number of hydrogen-bond donors (Lipinski definition) is 2. The van der Waals surface area contributed by atoms with Gasteiger partial charge in [-0.15, -0.1) is 0 Å². The molecule has 6 nitrogen and oxygen atoms in total. The molecule has 2 heterocycles. The van der Waals surface area contributed by atoms with E-state index in [4.69, 9.17) is 5.11 Å². The number of piperazine rings is 1. The lowest BCUT2D eigenvalue weighted by atomic mass is 10.1. The van der Waals surface area contributed by atoms with Gasteiger partial charge in [0.15, 0.2) is 0 Å². The van der Waals surface area contributed by atoms with E-state index in [1.807, 2.05) is 13.0 Å². The van der Waals surface area contributed by atoms with Crippen molar-refractivity contribution in [2.45, 2.75) is 25.8 Å². The lowest BCUT2D eigenvalue weighted by Crippen LogP contribution is -2.45. The fourth-order valence-electron chi connectivity index (χ4n) is 2.57. The summed E-state index contributed by atoms with van der Waals surface area (Å²) in [7, 11) is 2.11. The molecule has 1 aromatic heterocycles. The number of likely N-dealkylation sites (N-methyl/N-ethyl adjacent to an activating group) is 1. The van der Waals surface area contributed by atoms with Gasteiger partial charge >= 0.3 is 0 Å². The Morgan fingerprint density at radius 1 is 1.41 bits per heavy atom. The maximum absolute atomic E-state index is 12.3. The molecule has 1 saturated heterocycles. The van der Waals surface area contributed by atoms with E-state index >= 15 is 0 Å². The van der Waals surface area contributed by atoms with E-state index in [-0.39, 0.29) is 18.6 Å². The highest BCUT2D eigenvalue weighted by atomic mass is 16.3. The molecule has 1 fully saturated rings. The first-order chi connectivity index (χ1) is 10.6. The van der Waals surface area contributed by atoms with Crippen LogP contribution in [0.1, 0.15) is 30.1 Å². The van der Waals surface area contributed by atoms with Crippen LogP contribution in [0.25, 0.3) is 0 Å². The second-order valence-corrected chi connectivity index (χ2v) is 5.78. The van der Waals surface area contributed by atoms with Crippen molar-refractivity contribution in [2.24, 2.45) is 0 Å². The van der Waals surface area contributed by atoms with Crippen molar-refractivity contribution in [1.82, 2.24) is 15.2 Å². The Morgan fingerprint density at radius 2 is 2.14 bits per heavy atom. The third-order valence-corrected chi connectivity index (χ3v) is 4.14. The van der Waals surface area contributed by atoms with Crippen LogP contribution in [0.4, 0.5) is 5.82 Å². The smallest absolute Gasteiger partial charge is 0.251 e. The Hall–Kier alpha value is -1.66. The number of rotatable bonds is 6. The van der Waals surface area contributed by atoms with Gasteiger partial charge in [-0.05, 0) is 32.0 Å². The van der Waals surface area contributed by atoms with Crippen molar-refractivity contribution < 1.29 is 9.90 Å². The van der Waals surface area contributed by atoms with Gasteiger partial charge in [-0.1, -0.05) is 6.92 Å². The summed E-state index contributed by atoms with van der Waals surface area (Å²) in [5.74, 6) is 0.758. The summed E-state index contributed by atoms with van der Waals surface area (Å²) in [6.07, 6.45) is 3.08. The average Bonchev–Trinajstić information content (AvgIpc) is 2.55. The zero-order valence-electron chi connectivity index (χ0n) is 13.5. The molecule has 0 spiro atoms. The summed E-state index contributed by atoms with van der Waals surface area (Å²) in [5, 5.41) is 12.0. The first kappa shape index (κ1) is 16.7. The van der Waals surface area contributed by atoms with Crippen LogP contribution in [0.2, 0.25) is 0 Å². The maximum Gasteiger partial charge on any atom is 0.251 e. The van der Waals surface area contributed by atoms with Gasteiger partial charge in [0.2, 0.25) is 0 Å². The highest BCUT2D eigenvalue weighted by Crippen LogP contribution is 2.15. The molecular formula is C16H26N4O2. The Balaban J connectivity index is 2.02. The number of aromatic nitrogens is 1. The summed E-state index contributed by atoms with van der Waals surface area (Å²) < 4.78 is 0. The molecule has 1 amide bonds. The zero-order chi connectivity index (χ0) is 15.9. The van der Waals surface area contributed by atoms with E-state index in [2.05, 4.69) is 27.1 Å². The van der Waals surface area contributed by atoms with E-state index in [1.165, 1.54) is 0 Å². The molecule has 0 saturated carbocycles. The molecule has 1 aromatic rings. The molecule has 0 aromatic carbocycles. The minimum absolute atomic E-state index is 0.0118. The number of nitrogens with zero attached hydrogens (tertiary/aromatic N) is 3. The van der Waals surface area contributed by atoms with Gasteiger partial charge < -0.3 is 20.2 Å². The molecule has 122 valence electrons. The van der Waals surface area contributed by atoms with Gasteiger partial charge in [-0.3, -0.25) is 4.79 Å².